The number of anilines is 1. The SMILES string of the molecule is COc1ccc([C@H]2CC[C@H](CN(c3cc(-c4cnn(C(C)C)c4)ccn3)C(=O)[C@H]3CC[C@H](OC(=O)N4CCC4)CC3)CC2)cc1C#N. The molecular formula is C37H46N6O4. The van der Waals surface area contributed by atoms with Gasteiger partial charge in [0.2, 0.25) is 5.91 Å². The molecule has 3 fully saturated rings. The highest BCUT2D eigenvalue weighted by Crippen LogP contribution is 2.39. The number of amides is 2. The zero-order valence-corrected chi connectivity index (χ0v) is 27.8. The van der Waals surface area contributed by atoms with Crippen LogP contribution in [0.4, 0.5) is 10.6 Å². The van der Waals surface area contributed by atoms with Gasteiger partial charge in [0, 0.05) is 49.6 Å². The van der Waals surface area contributed by atoms with E-state index >= 15 is 0 Å². The summed E-state index contributed by atoms with van der Waals surface area (Å²) in [6.45, 7) is 6.36. The number of carbonyl (C=O) groups excluding carboxylic acids is 2. The predicted octanol–water partition coefficient (Wildman–Crippen LogP) is 7.11. The number of hydrogen-bond acceptors (Lipinski definition) is 7. The highest BCUT2D eigenvalue weighted by Gasteiger charge is 2.35. The number of aromatic nitrogens is 3. The van der Waals surface area contributed by atoms with Crippen molar-refractivity contribution in [2.75, 3.05) is 31.6 Å². The second-order valence-corrected chi connectivity index (χ2v) is 13.6. The first-order chi connectivity index (χ1) is 22.8. The fraction of sp³-hybridized carbons (Fsp3) is 0.541. The summed E-state index contributed by atoms with van der Waals surface area (Å²) >= 11 is 0. The first-order valence-corrected chi connectivity index (χ1v) is 17.2. The van der Waals surface area contributed by atoms with E-state index in [1.54, 1.807) is 18.2 Å². The molecule has 3 aliphatic rings. The molecule has 10 heteroatoms. The maximum atomic E-state index is 14.3. The second kappa shape index (κ2) is 14.6. The molecule has 1 aromatic carbocycles. The number of likely N-dealkylation sites (tertiary alicyclic amines) is 1. The quantitative estimate of drug-likeness (QED) is 0.245. The lowest BCUT2D eigenvalue weighted by Gasteiger charge is -2.36. The van der Waals surface area contributed by atoms with Crippen molar-refractivity contribution < 1.29 is 19.1 Å². The van der Waals surface area contributed by atoms with Gasteiger partial charge in [-0.25, -0.2) is 9.78 Å². The Morgan fingerprint density at radius 2 is 1.79 bits per heavy atom. The summed E-state index contributed by atoms with van der Waals surface area (Å²) in [6, 6.07) is 12.4. The Morgan fingerprint density at radius 3 is 2.43 bits per heavy atom. The third kappa shape index (κ3) is 7.45. The molecule has 10 nitrogen and oxygen atoms in total. The Kier molecular flexibility index (Phi) is 10.1. The van der Waals surface area contributed by atoms with E-state index in [0.717, 1.165) is 56.3 Å². The molecule has 1 aliphatic heterocycles. The van der Waals surface area contributed by atoms with Crippen molar-refractivity contribution in [3.05, 3.63) is 60.0 Å². The number of nitriles is 1. The van der Waals surface area contributed by atoms with Crippen LogP contribution < -0.4 is 9.64 Å². The third-order valence-corrected chi connectivity index (χ3v) is 10.3. The van der Waals surface area contributed by atoms with Gasteiger partial charge in [-0.2, -0.15) is 10.4 Å². The molecule has 2 aliphatic carbocycles. The van der Waals surface area contributed by atoms with Crippen LogP contribution in [0.15, 0.2) is 48.9 Å². The number of rotatable bonds is 9. The molecule has 47 heavy (non-hydrogen) atoms. The average Bonchev–Trinajstić information content (AvgIpc) is 3.58. The lowest BCUT2D eigenvalue weighted by molar-refractivity contribution is -0.124. The maximum absolute atomic E-state index is 14.3. The van der Waals surface area contributed by atoms with E-state index in [1.165, 1.54) is 5.56 Å². The standard InChI is InChI=1S/C37H46N6O4/c1-25(2)43-24-32(22-40-43)30-15-16-39-35(20-30)42(36(44)28-9-12-33(13-10-28)47-37(45)41-17-4-18-41)23-26-5-7-27(8-6-26)29-11-14-34(46-3)31(19-29)21-38/h11,14-16,19-20,22,24-28,33H,4-10,12-13,17-18,23H2,1-3H3/t26-,27-,28-,33-. The van der Waals surface area contributed by atoms with Crippen molar-refractivity contribution >= 4 is 17.8 Å². The zero-order valence-electron chi connectivity index (χ0n) is 27.8. The van der Waals surface area contributed by atoms with Crippen LogP contribution in [0.1, 0.15) is 94.7 Å². The number of hydrogen-bond donors (Lipinski definition) is 0. The molecule has 248 valence electrons. The fourth-order valence-electron chi connectivity index (χ4n) is 7.18. The minimum Gasteiger partial charge on any atom is -0.495 e. The van der Waals surface area contributed by atoms with Crippen LogP contribution >= 0.6 is 0 Å². The van der Waals surface area contributed by atoms with Gasteiger partial charge in [0.1, 0.15) is 23.7 Å². The normalized spacial score (nSPS) is 22.7. The number of ether oxygens (including phenoxy) is 2. The van der Waals surface area contributed by atoms with Gasteiger partial charge in [0.15, 0.2) is 0 Å². The van der Waals surface area contributed by atoms with Gasteiger partial charge < -0.3 is 14.4 Å². The lowest BCUT2D eigenvalue weighted by Crippen LogP contribution is -2.45. The van der Waals surface area contributed by atoms with Crippen molar-refractivity contribution in [3.8, 4) is 22.9 Å². The molecule has 2 amide bonds. The predicted molar refractivity (Wildman–Crippen MR) is 179 cm³/mol. The van der Waals surface area contributed by atoms with Gasteiger partial charge in [0.25, 0.3) is 0 Å². The van der Waals surface area contributed by atoms with Gasteiger partial charge in [-0.3, -0.25) is 14.4 Å². The van der Waals surface area contributed by atoms with Crippen LogP contribution in [-0.2, 0) is 9.53 Å². The molecule has 3 heterocycles. The van der Waals surface area contributed by atoms with Crippen LogP contribution in [0.25, 0.3) is 11.1 Å². The lowest BCUT2D eigenvalue weighted by atomic mass is 9.78. The van der Waals surface area contributed by atoms with Crippen LogP contribution in [0.3, 0.4) is 0 Å². The largest absolute Gasteiger partial charge is 0.495 e. The van der Waals surface area contributed by atoms with Crippen LogP contribution in [0, 0.1) is 23.2 Å². The van der Waals surface area contributed by atoms with E-state index < -0.39 is 0 Å². The van der Waals surface area contributed by atoms with Gasteiger partial charge in [-0.1, -0.05) is 6.07 Å². The molecule has 2 saturated carbocycles. The molecule has 0 bridgehead atoms. The minimum absolute atomic E-state index is 0.107. The number of pyridine rings is 1. The first-order valence-electron chi connectivity index (χ1n) is 17.2. The summed E-state index contributed by atoms with van der Waals surface area (Å²) in [6.07, 6.45) is 13.1. The average molecular weight is 639 g/mol. The van der Waals surface area contributed by atoms with Crippen LogP contribution in [0.5, 0.6) is 5.75 Å². The highest BCUT2D eigenvalue weighted by atomic mass is 16.6. The Labute approximate surface area is 277 Å². The van der Waals surface area contributed by atoms with Crippen LogP contribution in [-0.4, -0.2) is 64.5 Å². The summed E-state index contributed by atoms with van der Waals surface area (Å²) in [5.41, 5.74) is 3.73. The topological polar surface area (TPSA) is 114 Å². The molecule has 0 radical (unpaired) electrons. The minimum atomic E-state index is -0.219. The third-order valence-electron chi connectivity index (χ3n) is 10.3. The van der Waals surface area contributed by atoms with Gasteiger partial charge in [-0.15, -0.1) is 0 Å². The molecule has 0 spiro atoms. The summed E-state index contributed by atoms with van der Waals surface area (Å²) in [5.74, 6) is 1.97. The molecule has 6 rings (SSSR count). The molecule has 0 atom stereocenters. The van der Waals surface area contributed by atoms with Crippen molar-refractivity contribution in [1.82, 2.24) is 19.7 Å². The molecule has 0 N–H and O–H groups in total. The summed E-state index contributed by atoms with van der Waals surface area (Å²) in [5, 5.41) is 14.1. The maximum Gasteiger partial charge on any atom is 0.410 e. The van der Waals surface area contributed by atoms with Crippen molar-refractivity contribution in [2.45, 2.75) is 89.7 Å². The molecule has 2 aromatic heterocycles. The van der Waals surface area contributed by atoms with Gasteiger partial charge in [-0.05, 0) is 119 Å². The van der Waals surface area contributed by atoms with Crippen molar-refractivity contribution in [3.63, 3.8) is 0 Å². The van der Waals surface area contributed by atoms with Gasteiger partial charge >= 0.3 is 6.09 Å². The number of carbonyl (C=O) groups is 2. The van der Waals surface area contributed by atoms with E-state index in [2.05, 4.69) is 31.1 Å². The Morgan fingerprint density at radius 1 is 1.02 bits per heavy atom. The Balaban J connectivity index is 1.16. The second-order valence-electron chi connectivity index (χ2n) is 13.6. The molecular weight excluding hydrogens is 592 g/mol. The van der Waals surface area contributed by atoms with Crippen molar-refractivity contribution in [1.29, 1.82) is 5.26 Å². The molecule has 0 unspecified atom stereocenters. The summed E-state index contributed by atoms with van der Waals surface area (Å²) < 4.78 is 13.0. The smallest absolute Gasteiger partial charge is 0.410 e. The monoisotopic (exact) mass is 638 g/mol. The Hall–Kier alpha value is -4.39. The fourth-order valence-corrected chi connectivity index (χ4v) is 7.18. The molecule has 1 saturated heterocycles. The van der Waals surface area contributed by atoms with Crippen LogP contribution in [0.2, 0.25) is 0 Å². The zero-order chi connectivity index (χ0) is 32.9. The Bertz CT molecular complexity index is 1590. The van der Waals surface area contributed by atoms with Gasteiger partial charge in [0.05, 0.1) is 18.9 Å². The number of nitrogens with zero attached hydrogens (tertiary/aromatic N) is 6. The summed E-state index contributed by atoms with van der Waals surface area (Å²) in [7, 11) is 1.59. The summed E-state index contributed by atoms with van der Waals surface area (Å²) in [4.78, 5) is 35.1. The van der Waals surface area contributed by atoms with E-state index in [4.69, 9.17) is 14.5 Å². The van der Waals surface area contributed by atoms with Crippen molar-refractivity contribution in [2.24, 2.45) is 11.8 Å². The van der Waals surface area contributed by atoms with E-state index in [0.29, 0.717) is 61.2 Å². The van der Waals surface area contributed by atoms with E-state index in [-0.39, 0.29) is 30.1 Å². The highest BCUT2D eigenvalue weighted by molar-refractivity contribution is 5.94. The first kappa shape index (κ1) is 32.5. The van der Waals surface area contributed by atoms with E-state index in [1.807, 2.05) is 46.2 Å². The number of methoxy groups -OCH3 is 1. The molecule has 3 aromatic rings. The number of benzene rings is 1. The van der Waals surface area contributed by atoms with E-state index in [9.17, 15) is 14.9 Å².